The van der Waals surface area contributed by atoms with Gasteiger partial charge in [-0.3, -0.25) is 39.9 Å². The van der Waals surface area contributed by atoms with Crippen molar-refractivity contribution in [3.8, 4) is 39.3 Å². The summed E-state index contributed by atoms with van der Waals surface area (Å²) in [4.78, 5) is 36.3. The van der Waals surface area contributed by atoms with Crippen LogP contribution in [0.3, 0.4) is 0 Å². The predicted molar refractivity (Wildman–Crippen MR) is 223 cm³/mol. The van der Waals surface area contributed by atoms with Crippen molar-refractivity contribution in [1.29, 1.82) is 0 Å². The van der Waals surface area contributed by atoms with E-state index < -0.39 is 0 Å². The third-order valence-electron chi connectivity index (χ3n) is 10.9. The van der Waals surface area contributed by atoms with Crippen LogP contribution in [0.4, 0.5) is 0 Å². The number of hydrogen-bond acceptors (Lipinski definition) is 8. The number of hydrogen-bond donors (Lipinski definition) is 0. The van der Waals surface area contributed by atoms with Crippen LogP contribution in [0.1, 0.15) is 0 Å². The van der Waals surface area contributed by atoms with E-state index in [9.17, 15) is 0 Å². The van der Waals surface area contributed by atoms with Crippen molar-refractivity contribution in [2.24, 2.45) is 0 Å². The maximum Gasteiger partial charge on any atom is 0.0651 e. The minimum absolute atomic E-state index is 0.935. The van der Waals surface area contributed by atoms with Crippen molar-refractivity contribution in [1.82, 2.24) is 53.6 Å². The number of pyridine rings is 8. The highest BCUT2D eigenvalue weighted by molar-refractivity contribution is 6.10. The van der Waals surface area contributed by atoms with Crippen LogP contribution in [-0.4, -0.2) is 53.6 Å². The zero-order valence-corrected chi connectivity index (χ0v) is 30.0. The fraction of sp³-hybridized carbons (Fsp3) is 0. The van der Waals surface area contributed by atoms with Gasteiger partial charge in [0.1, 0.15) is 0 Å². The standard InChI is InChI=1S/C46H27N11/c1-7-47-22-35-36-23-48-8-2-42(36)55(41(1)35)32-14-28(30-16-33(20-53-18-30)56-43-3-9-49-24-37(43)38-25-50-10-4-44(38)56)13-29(15-32)31-17-34(21-54-19-31)57-45-5-11-51-26-39(45)40-27-52-12-6-46(40)57/h1-27H. The van der Waals surface area contributed by atoms with Gasteiger partial charge >= 0.3 is 0 Å². The van der Waals surface area contributed by atoms with Crippen LogP contribution in [0.15, 0.2) is 166 Å². The van der Waals surface area contributed by atoms with Gasteiger partial charge in [-0.25, -0.2) is 0 Å². The summed E-state index contributed by atoms with van der Waals surface area (Å²) >= 11 is 0. The van der Waals surface area contributed by atoms with E-state index in [0.29, 0.717) is 0 Å². The molecule has 266 valence electrons. The molecule has 12 aromatic rings. The van der Waals surface area contributed by atoms with Gasteiger partial charge in [-0.2, -0.15) is 0 Å². The topological polar surface area (TPSA) is 118 Å². The maximum atomic E-state index is 4.83. The zero-order chi connectivity index (χ0) is 37.5. The Labute approximate surface area is 323 Å². The molecule has 0 unspecified atom stereocenters. The van der Waals surface area contributed by atoms with Gasteiger partial charge in [0.2, 0.25) is 0 Å². The summed E-state index contributed by atoms with van der Waals surface area (Å²) in [6.07, 6.45) is 30.1. The highest BCUT2D eigenvalue weighted by Crippen LogP contribution is 2.38. The molecule has 0 atom stereocenters. The summed E-state index contributed by atoms with van der Waals surface area (Å²) in [7, 11) is 0. The number of nitrogens with zero attached hydrogens (tertiary/aromatic N) is 11. The van der Waals surface area contributed by atoms with Gasteiger partial charge in [0.15, 0.2) is 0 Å². The Balaban J connectivity index is 1.10. The van der Waals surface area contributed by atoms with Crippen LogP contribution in [0.25, 0.3) is 105 Å². The first-order valence-corrected chi connectivity index (χ1v) is 18.4. The third kappa shape index (κ3) is 4.72. The smallest absolute Gasteiger partial charge is 0.0651 e. The molecule has 0 saturated heterocycles. The lowest BCUT2D eigenvalue weighted by Crippen LogP contribution is -1.99. The van der Waals surface area contributed by atoms with E-state index in [-0.39, 0.29) is 0 Å². The Hall–Kier alpha value is -8.18. The number of benzene rings is 1. The fourth-order valence-corrected chi connectivity index (χ4v) is 8.45. The summed E-state index contributed by atoms with van der Waals surface area (Å²) < 4.78 is 6.74. The van der Waals surface area contributed by atoms with Gasteiger partial charge in [-0.1, -0.05) is 0 Å². The SMILES string of the molecule is c1cc2c(cn1)c1cnccc1n2-c1cncc(-c2cc(-c3cncc(-n4c5ccncc5c5cnccc54)c3)cc(-n3c4ccncc4c4cnccc43)c2)c1. The molecule has 0 amide bonds. The van der Waals surface area contributed by atoms with Gasteiger partial charge in [0, 0.05) is 136 Å². The molecule has 0 bridgehead atoms. The fourth-order valence-electron chi connectivity index (χ4n) is 8.45. The minimum atomic E-state index is 0.935. The van der Waals surface area contributed by atoms with Crippen LogP contribution in [0.5, 0.6) is 0 Å². The monoisotopic (exact) mass is 733 g/mol. The second-order valence-corrected chi connectivity index (χ2v) is 14.0. The quantitative estimate of drug-likeness (QED) is 0.172. The van der Waals surface area contributed by atoms with E-state index in [1.54, 1.807) is 0 Å². The molecule has 0 N–H and O–H groups in total. The molecule has 11 heterocycles. The Kier molecular flexibility index (Phi) is 6.66. The molecule has 0 aliphatic carbocycles. The Morgan fingerprint density at radius 3 is 0.842 bits per heavy atom. The molecule has 0 radical (unpaired) electrons. The Morgan fingerprint density at radius 2 is 0.526 bits per heavy atom. The molecule has 0 aliphatic heterocycles. The third-order valence-corrected chi connectivity index (χ3v) is 10.9. The average molecular weight is 734 g/mol. The molecule has 0 aliphatic rings. The van der Waals surface area contributed by atoms with Crippen molar-refractivity contribution >= 4 is 65.4 Å². The molecule has 11 heteroatoms. The molecule has 11 aromatic heterocycles. The van der Waals surface area contributed by atoms with Crippen LogP contribution in [0, 0.1) is 0 Å². The Morgan fingerprint density at radius 1 is 0.246 bits per heavy atom. The highest BCUT2D eigenvalue weighted by Gasteiger charge is 2.18. The first-order chi connectivity index (χ1) is 28.3. The number of rotatable bonds is 5. The van der Waals surface area contributed by atoms with Crippen LogP contribution in [-0.2, 0) is 0 Å². The predicted octanol–water partition coefficient (Wildman–Crippen LogP) is 9.47. The molecule has 1 aromatic carbocycles. The van der Waals surface area contributed by atoms with Crippen molar-refractivity contribution in [2.75, 3.05) is 0 Å². The second kappa shape index (κ2) is 12.2. The van der Waals surface area contributed by atoms with Gasteiger partial charge < -0.3 is 13.7 Å². The van der Waals surface area contributed by atoms with Crippen molar-refractivity contribution in [3.05, 3.63) is 166 Å². The molecule has 0 saturated carbocycles. The van der Waals surface area contributed by atoms with Crippen LogP contribution < -0.4 is 0 Å². The lowest BCUT2D eigenvalue weighted by Gasteiger charge is -2.15. The number of fused-ring (bicyclic) bond motifs is 9. The summed E-state index contributed by atoms with van der Waals surface area (Å²) in [5, 5.41) is 6.21. The molecule has 0 fully saturated rings. The maximum absolute atomic E-state index is 4.83. The zero-order valence-electron chi connectivity index (χ0n) is 30.0. The van der Waals surface area contributed by atoms with Crippen LogP contribution >= 0.6 is 0 Å². The first kappa shape index (κ1) is 31.2. The molecular weight excluding hydrogens is 707 g/mol. The summed E-state index contributed by atoms with van der Waals surface area (Å²) in [6.45, 7) is 0. The lowest BCUT2D eigenvalue weighted by molar-refractivity contribution is 1.13. The van der Waals surface area contributed by atoms with Gasteiger partial charge in [0.05, 0.1) is 56.9 Å². The lowest BCUT2D eigenvalue weighted by atomic mass is 9.99. The van der Waals surface area contributed by atoms with Crippen LogP contribution in [0.2, 0.25) is 0 Å². The van der Waals surface area contributed by atoms with Crippen molar-refractivity contribution in [3.63, 3.8) is 0 Å². The first-order valence-electron chi connectivity index (χ1n) is 18.4. The molecule has 0 spiro atoms. The molecule has 11 nitrogen and oxygen atoms in total. The van der Waals surface area contributed by atoms with E-state index in [0.717, 1.165) is 105 Å². The molecule has 57 heavy (non-hydrogen) atoms. The largest absolute Gasteiger partial charge is 0.309 e. The van der Waals surface area contributed by atoms with E-state index in [1.807, 2.05) is 123 Å². The van der Waals surface area contributed by atoms with Crippen molar-refractivity contribution in [2.45, 2.75) is 0 Å². The van der Waals surface area contributed by atoms with E-state index >= 15 is 0 Å². The van der Waals surface area contributed by atoms with Crippen molar-refractivity contribution < 1.29 is 0 Å². The highest BCUT2D eigenvalue weighted by atomic mass is 15.0. The second-order valence-electron chi connectivity index (χ2n) is 14.0. The van der Waals surface area contributed by atoms with Gasteiger partial charge in [-0.15, -0.1) is 0 Å². The van der Waals surface area contributed by atoms with Gasteiger partial charge in [-0.05, 0) is 77.9 Å². The van der Waals surface area contributed by atoms with E-state index in [4.69, 9.17) is 9.97 Å². The summed E-state index contributed by atoms with van der Waals surface area (Å²) in [5.41, 5.74) is 13.0. The van der Waals surface area contributed by atoms with E-state index in [1.165, 1.54) is 0 Å². The molecular formula is C46H27N11. The number of aromatic nitrogens is 11. The van der Waals surface area contributed by atoms with Gasteiger partial charge in [0.25, 0.3) is 0 Å². The molecule has 12 rings (SSSR count). The normalized spacial score (nSPS) is 11.9. The minimum Gasteiger partial charge on any atom is -0.309 e. The average Bonchev–Trinajstić information content (AvgIpc) is 3.92. The summed E-state index contributed by atoms with van der Waals surface area (Å²) in [6, 6.07) is 23.4. The van der Waals surface area contributed by atoms with E-state index in [2.05, 4.69) is 86.1 Å². The Bertz CT molecular complexity index is 3230. The summed E-state index contributed by atoms with van der Waals surface area (Å²) in [5.74, 6) is 0.